The summed E-state index contributed by atoms with van der Waals surface area (Å²) >= 11 is 3.42. The van der Waals surface area contributed by atoms with Crippen LogP contribution >= 0.6 is 15.9 Å². The molecule has 0 saturated carbocycles. The summed E-state index contributed by atoms with van der Waals surface area (Å²) in [5.41, 5.74) is 1.87. The Hall–Kier alpha value is -1.32. The molecule has 0 unspecified atom stereocenters. The van der Waals surface area contributed by atoms with Gasteiger partial charge in [-0.05, 0) is 40.0 Å². The molecule has 16 heavy (non-hydrogen) atoms. The number of hydrogen-bond donors (Lipinski definition) is 0. The number of hydrogen-bond acceptors (Lipinski definition) is 4. The minimum atomic E-state index is 0.274. The van der Waals surface area contributed by atoms with Crippen molar-refractivity contribution < 1.29 is 14.3 Å². The Morgan fingerprint density at radius 2 is 2.12 bits per heavy atom. The van der Waals surface area contributed by atoms with Crippen LogP contribution in [0.2, 0.25) is 0 Å². The van der Waals surface area contributed by atoms with E-state index in [9.17, 15) is 4.79 Å². The van der Waals surface area contributed by atoms with Gasteiger partial charge in [-0.3, -0.25) is 0 Å². The molecule has 5 heteroatoms. The Morgan fingerprint density at radius 3 is 2.62 bits per heavy atom. The molecule has 0 fully saturated rings. The van der Waals surface area contributed by atoms with Gasteiger partial charge < -0.3 is 9.47 Å². The van der Waals surface area contributed by atoms with Crippen molar-refractivity contribution in [3.8, 4) is 11.5 Å². The zero-order valence-electron chi connectivity index (χ0n) is 9.33. The lowest BCUT2D eigenvalue weighted by molar-refractivity contribution is 0.352. The van der Waals surface area contributed by atoms with Crippen molar-refractivity contribution in [3.63, 3.8) is 0 Å². The van der Waals surface area contributed by atoms with Gasteiger partial charge in [-0.25, -0.2) is 9.79 Å². The predicted molar refractivity (Wildman–Crippen MR) is 63.8 cm³/mol. The zero-order valence-corrected chi connectivity index (χ0v) is 10.9. The van der Waals surface area contributed by atoms with E-state index in [-0.39, 0.29) is 6.54 Å². The summed E-state index contributed by atoms with van der Waals surface area (Å²) in [6.45, 7) is 2.19. The third-order valence-corrected chi connectivity index (χ3v) is 3.08. The predicted octanol–water partition coefficient (Wildman–Crippen LogP) is 2.61. The maximum Gasteiger partial charge on any atom is 0.235 e. The Morgan fingerprint density at radius 1 is 1.44 bits per heavy atom. The SMILES string of the molecule is COc1cc(C)c(CN=C=O)c(Br)c1OC. The van der Waals surface area contributed by atoms with E-state index in [1.165, 1.54) is 6.08 Å². The van der Waals surface area contributed by atoms with E-state index in [0.29, 0.717) is 11.5 Å². The van der Waals surface area contributed by atoms with Gasteiger partial charge >= 0.3 is 0 Å². The van der Waals surface area contributed by atoms with Gasteiger partial charge in [0.1, 0.15) is 0 Å². The lowest BCUT2D eigenvalue weighted by Gasteiger charge is -2.14. The van der Waals surface area contributed by atoms with Crippen molar-refractivity contribution in [2.75, 3.05) is 14.2 Å². The molecule has 1 aromatic carbocycles. The second-order valence-corrected chi connectivity index (χ2v) is 3.92. The summed E-state index contributed by atoms with van der Waals surface area (Å²) < 4.78 is 11.2. The van der Waals surface area contributed by atoms with E-state index in [1.807, 2.05) is 13.0 Å². The molecule has 0 radical (unpaired) electrons. The van der Waals surface area contributed by atoms with Gasteiger partial charge in [-0.2, -0.15) is 0 Å². The molecule has 0 heterocycles. The quantitative estimate of drug-likeness (QED) is 0.631. The largest absolute Gasteiger partial charge is 0.493 e. The molecule has 4 nitrogen and oxygen atoms in total. The highest BCUT2D eigenvalue weighted by molar-refractivity contribution is 9.10. The van der Waals surface area contributed by atoms with Gasteiger partial charge in [0.05, 0.1) is 25.2 Å². The molecule has 0 spiro atoms. The minimum Gasteiger partial charge on any atom is -0.493 e. The van der Waals surface area contributed by atoms with Crippen LogP contribution in [0.1, 0.15) is 11.1 Å². The van der Waals surface area contributed by atoms with Crippen LogP contribution in [0.5, 0.6) is 11.5 Å². The first kappa shape index (κ1) is 12.7. The van der Waals surface area contributed by atoms with Crippen LogP contribution in [0.15, 0.2) is 15.5 Å². The first-order valence-electron chi connectivity index (χ1n) is 4.59. The molecule has 1 rings (SSSR count). The normalized spacial score (nSPS) is 9.50. The fourth-order valence-electron chi connectivity index (χ4n) is 1.41. The van der Waals surface area contributed by atoms with Gasteiger partial charge in [0.2, 0.25) is 6.08 Å². The number of methoxy groups -OCH3 is 2. The number of carbonyl (C=O) groups excluding carboxylic acids is 1. The molecule has 0 aromatic heterocycles. The molecule has 0 aliphatic rings. The number of benzene rings is 1. The van der Waals surface area contributed by atoms with E-state index in [2.05, 4.69) is 20.9 Å². The highest BCUT2D eigenvalue weighted by Crippen LogP contribution is 2.39. The molecule has 0 aliphatic heterocycles. The average molecular weight is 286 g/mol. The zero-order chi connectivity index (χ0) is 12.1. The standard InChI is InChI=1S/C11H12BrNO3/c1-7-4-9(15-2)11(16-3)10(12)8(7)5-13-6-14/h4H,5H2,1-3H3. The van der Waals surface area contributed by atoms with Crippen molar-refractivity contribution in [1.82, 2.24) is 0 Å². The van der Waals surface area contributed by atoms with Gasteiger partial charge in [0.15, 0.2) is 11.5 Å². The Kier molecular flexibility index (Phi) is 4.52. The molecule has 0 N–H and O–H groups in total. The van der Waals surface area contributed by atoms with Crippen LogP contribution < -0.4 is 9.47 Å². The van der Waals surface area contributed by atoms with Gasteiger partial charge in [0.25, 0.3) is 0 Å². The Balaban J connectivity index is 3.34. The number of ether oxygens (including phenoxy) is 2. The fourth-order valence-corrected chi connectivity index (χ4v) is 2.21. The highest BCUT2D eigenvalue weighted by Gasteiger charge is 2.15. The van der Waals surface area contributed by atoms with Crippen molar-refractivity contribution in [2.45, 2.75) is 13.5 Å². The van der Waals surface area contributed by atoms with Crippen molar-refractivity contribution >= 4 is 22.0 Å². The fraction of sp³-hybridized carbons (Fsp3) is 0.364. The van der Waals surface area contributed by atoms with Crippen molar-refractivity contribution in [3.05, 3.63) is 21.7 Å². The van der Waals surface area contributed by atoms with Crippen LogP contribution in [-0.2, 0) is 11.3 Å². The van der Waals surface area contributed by atoms with Gasteiger partial charge in [-0.15, -0.1) is 0 Å². The monoisotopic (exact) mass is 285 g/mol. The maximum absolute atomic E-state index is 10.1. The number of nitrogens with zero attached hydrogens (tertiary/aromatic N) is 1. The summed E-state index contributed by atoms with van der Waals surface area (Å²) in [6, 6.07) is 1.85. The van der Waals surface area contributed by atoms with Crippen LogP contribution in [0.3, 0.4) is 0 Å². The van der Waals surface area contributed by atoms with Crippen LogP contribution in [0, 0.1) is 6.92 Å². The Bertz CT molecular complexity index is 439. The summed E-state index contributed by atoms with van der Waals surface area (Å²) in [7, 11) is 3.14. The van der Waals surface area contributed by atoms with Crippen LogP contribution in [0.4, 0.5) is 0 Å². The smallest absolute Gasteiger partial charge is 0.235 e. The third kappa shape index (κ3) is 2.43. The van der Waals surface area contributed by atoms with Crippen molar-refractivity contribution in [2.24, 2.45) is 4.99 Å². The molecule has 0 saturated heterocycles. The summed E-state index contributed by atoms with van der Waals surface area (Å²) in [6.07, 6.45) is 1.52. The van der Waals surface area contributed by atoms with Crippen LogP contribution in [-0.4, -0.2) is 20.3 Å². The maximum atomic E-state index is 10.1. The first-order chi connectivity index (χ1) is 7.65. The van der Waals surface area contributed by atoms with E-state index in [4.69, 9.17) is 9.47 Å². The summed E-state index contributed by atoms with van der Waals surface area (Å²) in [5.74, 6) is 1.25. The molecular formula is C11H12BrNO3. The first-order valence-corrected chi connectivity index (χ1v) is 5.38. The van der Waals surface area contributed by atoms with Gasteiger partial charge in [0, 0.05) is 0 Å². The summed E-state index contributed by atoms with van der Waals surface area (Å²) in [5, 5.41) is 0. The highest BCUT2D eigenvalue weighted by atomic mass is 79.9. The molecule has 86 valence electrons. The number of aryl methyl sites for hydroxylation is 1. The number of isocyanates is 1. The van der Waals surface area contributed by atoms with Crippen molar-refractivity contribution in [1.29, 1.82) is 0 Å². The Labute approximate surface area is 102 Å². The number of halogens is 1. The van der Waals surface area contributed by atoms with E-state index >= 15 is 0 Å². The molecule has 0 atom stereocenters. The minimum absolute atomic E-state index is 0.274. The molecule has 1 aromatic rings. The lowest BCUT2D eigenvalue weighted by atomic mass is 10.1. The molecule has 0 bridgehead atoms. The second-order valence-electron chi connectivity index (χ2n) is 3.13. The number of aliphatic imine (C=N–C) groups is 1. The average Bonchev–Trinajstić information content (AvgIpc) is 2.28. The van der Waals surface area contributed by atoms with Crippen LogP contribution in [0.25, 0.3) is 0 Å². The molecular weight excluding hydrogens is 274 g/mol. The van der Waals surface area contributed by atoms with E-state index in [0.717, 1.165) is 15.6 Å². The van der Waals surface area contributed by atoms with Gasteiger partial charge in [-0.1, -0.05) is 0 Å². The molecule has 0 aliphatic carbocycles. The summed E-state index contributed by atoms with van der Waals surface area (Å²) in [4.78, 5) is 13.7. The topological polar surface area (TPSA) is 47.9 Å². The second kappa shape index (κ2) is 5.68. The molecule has 0 amide bonds. The lowest BCUT2D eigenvalue weighted by Crippen LogP contribution is -1.97. The van der Waals surface area contributed by atoms with E-state index < -0.39 is 0 Å². The number of rotatable bonds is 4. The van der Waals surface area contributed by atoms with E-state index in [1.54, 1.807) is 14.2 Å². The third-order valence-electron chi connectivity index (χ3n) is 2.24.